The van der Waals surface area contributed by atoms with E-state index in [1.165, 1.54) is 0 Å². The molecule has 1 aliphatic heterocycles. The van der Waals surface area contributed by atoms with E-state index >= 15 is 0 Å². The number of carbonyl (C=O) groups is 1. The molecule has 2 N–H and O–H groups in total. The van der Waals surface area contributed by atoms with Gasteiger partial charge in [0.25, 0.3) is 0 Å². The van der Waals surface area contributed by atoms with Crippen LogP contribution >= 0.6 is 0 Å². The van der Waals surface area contributed by atoms with E-state index in [-0.39, 0.29) is 6.54 Å². The molecule has 16 heavy (non-hydrogen) atoms. The maximum absolute atomic E-state index is 11.2. The highest BCUT2D eigenvalue weighted by molar-refractivity contribution is 7.91. The molecule has 1 aliphatic rings. The zero-order valence-electron chi connectivity index (χ0n) is 9.23. The highest BCUT2D eigenvalue weighted by Crippen LogP contribution is 2.19. The van der Waals surface area contributed by atoms with Gasteiger partial charge in [0.15, 0.2) is 9.84 Å². The maximum Gasteiger partial charge on any atom is 0.235 e. The molecule has 1 heterocycles. The Bertz CT molecular complexity index is 345. The van der Waals surface area contributed by atoms with Crippen LogP contribution in [0.5, 0.6) is 0 Å². The van der Waals surface area contributed by atoms with Gasteiger partial charge >= 0.3 is 0 Å². The third-order valence-electron chi connectivity index (χ3n) is 2.43. The summed E-state index contributed by atoms with van der Waals surface area (Å²) < 4.78 is 26.7. The molecule has 0 aliphatic carbocycles. The Labute approximate surface area is 94.9 Å². The fraction of sp³-hybridized carbons (Fsp3) is 0.889. The summed E-state index contributed by atoms with van der Waals surface area (Å²) in [6.07, 6.45) is 1.90. The predicted molar refractivity (Wildman–Crippen MR) is 57.7 cm³/mol. The van der Waals surface area contributed by atoms with Gasteiger partial charge in [-0.3, -0.25) is 4.79 Å². The molecule has 1 rings (SSSR count). The van der Waals surface area contributed by atoms with Gasteiger partial charge in [-0.1, -0.05) is 0 Å². The lowest BCUT2D eigenvalue weighted by atomic mass is 9.94. The number of hydrogen-bond donors (Lipinski definition) is 2. The van der Waals surface area contributed by atoms with Crippen molar-refractivity contribution in [1.29, 1.82) is 0 Å². The number of ether oxygens (including phenoxy) is 1. The molecule has 0 atom stereocenters. The topological polar surface area (TPSA) is 92.7 Å². The second-order valence-electron chi connectivity index (χ2n) is 4.18. The SMILES string of the molecule is CS(=O)(=O)CC(=O)NCC1(O)CCOCC1. The van der Waals surface area contributed by atoms with E-state index in [1.807, 2.05) is 0 Å². The molecule has 6 nitrogen and oxygen atoms in total. The molecule has 0 spiro atoms. The Hall–Kier alpha value is -0.660. The first kappa shape index (κ1) is 13.4. The van der Waals surface area contributed by atoms with E-state index in [2.05, 4.69) is 5.32 Å². The fourth-order valence-electron chi connectivity index (χ4n) is 1.48. The first-order chi connectivity index (χ1) is 7.31. The molecule has 0 unspecified atom stereocenters. The Balaban J connectivity index is 2.36. The van der Waals surface area contributed by atoms with Crippen LogP contribution < -0.4 is 5.32 Å². The monoisotopic (exact) mass is 251 g/mol. The van der Waals surface area contributed by atoms with E-state index in [0.29, 0.717) is 26.1 Å². The van der Waals surface area contributed by atoms with Gasteiger partial charge in [0.1, 0.15) is 5.75 Å². The third-order valence-corrected chi connectivity index (χ3v) is 3.22. The van der Waals surface area contributed by atoms with Crippen molar-refractivity contribution in [2.45, 2.75) is 18.4 Å². The summed E-state index contributed by atoms with van der Waals surface area (Å²) >= 11 is 0. The van der Waals surface area contributed by atoms with Gasteiger partial charge in [-0.2, -0.15) is 0 Å². The fourth-order valence-corrected chi connectivity index (χ4v) is 2.06. The van der Waals surface area contributed by atoms with Crippen molar-refractivity contribution in [2.75, 3.05) is 31.8 Å². The summed E-state index contributed by atoms with van der Waals surface area (Å²) in [6.45, 7) is 0.988. The van der Waals surface area contributed by atoms with Crippen molar-refractivity contribution in [3.8, 4) is 0 Å². The minimum absolute atomic E-state index is 0.0741. The minimum Gasteiger partial charge on any atom is -0.388 e. The first-order valence-electron chi connectivity index (χ1n) is 5.05. The van der Waals surface area contributed by atoms with Crippen molar-refractivity contribution < 1.29 is 23.1 Å². The minimum atomic E-state index is -3.31. The second-order valence-corrected chi connectivity index (χ2v) is 6.32. The van der Waals surface area contributed by atoms with Crippen LogP contribution in [0.15, 0.2) is 0 Å². The van der Waals surface area contributed by atoms with Crippen LogP contribution in [0.1, 0.15) is 12.8 Å². The van der Waals surface area contributed by atoms with Crippen LogP contribution in [0.3, 0.4) is 0 Å². The number of amides is 1. The molecule has 0 bridgehead atoms. The zero-order chi connectivity index (χ0) is 12.2. The van der Waals surface area contributed by atoms with Crippen LogP contribution in [0, 0.1) is 0 Å². The third kappa shape index (κ3) is 4.91. The van der Waals surface area contributed by atoms with Gasteiger partial charge in [-0.15, -0.1) is 0 Å². The quantitative estimate of drug-likeness (QED) is 0.647. The molecule has 0 aromatic carbocycles. The molecule has 7 heteroatoms. The average Bonchev–Trinajstić information content (AvgIpc) is 2.14. The molecule has 1 saturated heterocycles. The summed E-state index contributed by atoms with van der Waals surface area (Å²) in [5.74, 6) is -1.12. The number of hydrogen-bond acceptors (Lipinski definition) is 5. The molecule has 0 saturated carbocycles. The lowest BCUT2D eigenvalue weighted by molar-refractivity contribution is -0.121. The smallest absolute Gasteiger partial charge is 0.235 e. The molecule has 1 fully saturated rings. The molecule has 0 radical (unpaired) electrons. The average molecular weight is 251 g/mol. The Morgan fingerprint density at radius 2 is 2.00 bits per heavy atom. The van der Waals surface area contributed by atoms with Gasteiger partial charge in [0.2, 0.25) is 5.91 Å². The van der Waals surface area contributed by atoms with Crippen LogP contribution in [0.4, 0.5) is 0 Å². The van der Waals surface area contributed by atoms with E-state index in [1.54, 1.807) is 0 Å². The van der Waals surface area contributed by atoms with E-state index < -0.39 is 27.1 Å². The summed E-state index contributed by atoms with van der Waals surface area (Å²) in [5, 5.41) is 12.4. The van der Waals surface area contributed by atoms with Crippen molar-refractivity contribution in [3.05, 3.63) is 0 Å². The standard InChI is InChI=1S/C9H17NO5S/c1-16(13,14)6-8(11)10-7-9(12)2-4-15-5-3-9/h12H,2-7H2,1H3,(H,10,11). The Kier molecular flexibility index (Phi) is 4.28. The number of aliphatic hydroxyl groups is 1. The molecule has 0 aromatic heterocycles. The Morgan fingerprint density at radius 1 is 1.44 bits per heavy atom. The summed E-state index contributed by atoms with van der Waals surface area (Å²) in [5.41, 5.74) is -0.967. The van der Waals surface area contributed by atoms with E-state index in [0.717, 1.165) is 6.26 Å². The van der Waals surface area contributed by atoms with Crippen LogP contribution in [0.2, 0.25) is 0 Å². The second kappa shape index (κ2) is 5.11. The normalized spacial score (nSPS) is 20.4. The predicted octanol–water partition coefficient (Wildman–Crippen LogP) is -1.31. The van der Waals surface area contributed by atoms with Crippen molar-refractivity contribution in [1.82, 2.24) is 5.32 Å². The number of carbonyl (C=O) groups excluding carboxylic acids is 1. The highest BCUT2D eigenvalue weighted by atomic mass is 32.2. The number of nitrogens with one attached hydrogen (secondary N) is 1. The van der Waals surface area contributed by atoms with Crippen LogP contribution in [-0.2, 0) is 19.4 Å². The lowest BCUT2D eigenvalue weighted by Crippen LogP contribution is -2.47. The van der Waals surface area contributed by atoms with Gasteiger partial charge in [-0.05, 0) is 0 Å². The van der Waals surface area contributed by atoms with Gasteiger partial charge in [0.05, 0.1) is 5.60 Å². The number of sulfone groups is 1. The van der Waals surface area contributed by atoms with Crippen LogP contribution in [-0.4, -0.2) is 56.8 Å². The number of rotatable bonds is 4. The van der Waals surface area contributed by atoms with Crippen LogP contribution in [0.25, 0.3) is 0 Å². The largest absolute Gasteiger partial charge is 0.388 e. The van der Waals surface area contributed by atoms with E-state index in [9.17, 15) is 18.3 Å². The van der Waals surface area contributed by atoms with Gasteiger partial charge < -0.3 is 15.2 Å². The Morgan fingerprint density at radius 3 is 2.50 bits per heavy atom. The molecule has 94 valence electrons. The maximum atomic E-state index is 11.2. The summed E-state index contributed by atoms with van der Waals surface area (Å²) in [4.78, 5) is 11.2. The molecular weight excluding hydrogens is 234 g/mol. The van der Waals surface area contributed by atoms with Gasteiger partial charge in [0, 0.05) is 38.9 Å². The van der Waals surface area contributed by atoms with Gasteiger partial charge in [-0.25, -0.2) is 8.42 Å². The zero-order valence-corrected chi connectivity index (χ0v) is 10.0. The summed E-state index contributed by atoms with van der Waals surface area (Å²) in [7, 11) is -3.31. The van der Waals surface area contributed by atoms with Crippen molar-refractivity contribution in [2.24, 2.45) is 0 Å². The van der Waals surface area contributed by atoms with Crippen molar-refractivity contribution in [3.63, 3.8) is 0 Å². The molecular formula is C9H17NO5S. The highest BCUT2D eigenvalue weighted by Gasteiger charge is 2.30. The molecule has 0 aromatic rings. The van der Waals surface area contributed by atoms with E-state index in [4.69, 9.17) is 4.74 Å². The lowest BCUT2D eigenvalue weighted by Gasteiger charge is -2.31. The summed E-state index contributed by atoms with van der Waals surface area (Å²) in [6, 6.07) is 0. The van der Waals surface area contributed by atoms with Crippen molar-refractivity contribution >= 4 is 15.7 Å². The molecule has 1 amide bonds. The first-order valence-corrected chi connectivity index (χ1v) is 7.11.